The smallest absolute Gasteiger partial charge is 0.279 e. The largest absolute Gasteiger partial charge is 0.292 e. The van der Waals surface area contributed by atoms with Crippen molar-refractivity contribution in [2.45, 2.75) is 12.8 Å². The molecule has 0 saturated carbocycles. The van der Waals surface area contributed by atoms with Crippen molar-refractivity contribution in [2.24, 2.45) is 9.98 Å². The first-order chi connectivity index (χ1) is 8.68. The predicted molar refractivity (Wildman–Crippen MR) is 72.1 cm³/mol. The van der Waals surface area contributed by atoms with Crippen molar-refractivity contribution in [3.8, 4) is 0 Å². The minimum atomic E-state index is -0.458. The molecule has 18 heavy (non-hydrogen) atoms. The zero-order valence-corrected chi connectivity index (χ0v) is 10.4. The van der Waals surface area contributed by atoms with E-state index in [9.17, 15) is 10.1 Å². The van der Waals surface area contributed by atoms with E-state index in [2.05, 4.69) is 9.98 Å². The van der Waals surface area contributed by atoms with E-state index in [-0.39, 0.29) is 5.69 Å². The lowest BCUT2D eigenvalue weighted by atomic mass is 10.2. The number of hydrogen-bond acceptors (Lipinski definition) is 4. The molecule has 0 radical (unpaired) electrons. The highest BCUT2D eigenvalue weighted by molar-refractivity contribution is 6.33. The number of aliphatic imine (C=N–C) groups is 2. The normalized spacial score (nSPS) is 15.1. The van der Waals surface area contributed by atoms with Crippen LogP contribution in [0.25, 0.3) is 0 Å². The van der Waals surface area contributed by atoms with Gasteiger partial charge < -0.3 is 0 Å². The molecule has 0 aliphatic carbocycles. The Morgan fingerprint density at radius 3 is 3.06 bits per heavy atom. The molecule has 0 N–H and O–H groups in total. The summed E-state index contributed by atoms with van der Waals surface area (Å²) in [6.07, 6.45) is 3.49. The van der Waals surface area contributed by atoms with Gasteiger partial charge in [0.2, 0.25) is 0 Å². The van der Waals surface area contributed by atoms with Crippen LogP contribution < -0.4 is 0 Å². The fourth-order valence-corrected chi connectivity index (χ4v) is 2.00. The average Bonchev–Trinajstić information content (AvgIpc) is 2.84. The Morgan fingerprint density at radius 1 is 1.56 bits per heavy atom. The molecule has 0 spiro atoms. The summed E-state index contributed by atoms with van der Waals surface area (Å²) in [4.78, 5) is 18.9. The Morgan fingerprint density at radius 2 is 2.39 bits per heavy atom. The van der Waals surface area contributed by atoms with Crippen molar-refractivity contribution in [3.05, 3.63) is 38.9 Å². The standard InChI is InChI=1S/C12H12ClN3O2/c13-11-4-1-5-12(16(17)18)10(11)8-14-7-9-3-2-6-15-9/h1,4-5,8H,2-3,6-7H2. The summed E-state index contributed by atoms with van der Waals surface area (Å²) in [5, 5.41) is 11.2. The highest BCUT2D eigenvalue weighted by Gasteiger charge is 2.14. The van der Waals surface area contributed by atoms with E-state index in [0.717, 1.165) is 25.1 Å². The first kappa shape index (κ1) is 12.7. The number of nitro groups is 1. The van der Waals surface area contributed by atoms with Gasteiger partial charge in [-0.15, -0.1) is 0 Å². The number of nitro benzene ring substituents is 1. The van der Waals surface area contributed by atoms with Crippen molar-refractivity contribution < 1.29 is 4.92 Å². The minimum Gasteiger partial charge on any atom is -0.292 e. The van der Waals surface area contributed by atoms with Gasteiger partial charge in [-0.3, -0.25) is 20.1 Å². The van der Waals surface area contributed by atoms with Gasteiger partial charge in [0.05, 0.1) is 22.1 Å². The van der Waals surface area contributed by atoms with E-state index in [1.807, 2.05) is 0 Å². The van der Waals surface area contributed by atoms with Gasteiger partial charge in [0, 0.05) is 24.5 Å². The first-order valence-corrected chi connectivity index (χ1v) is 6.01. The molecular formula is C12H12ClN3O2. The summed E-state index contributed by atoms with van der Waals surface area (Å²) in [6, 6.07) is 4.59. The molecule has 6 heteroatoms. The van der Waals surface area contributed by atoms with Crippen LogP contribution in [-0.2, 0) is 0 Å². The highest BCUT2D eigenvalue weighted by Crippen LogP contribution is 2.24. The lowest BCUT2D eigenvalue weighted by Crippen LogP contribution is -2.00. The Kier molecular flexibility index (Phi) is 4.04. The zero-order chi connectivity index (χ0) is 13.0. The summed E-state index contributed by atoms with van der Waals surface area (Å²) in [7, 11) is 0. The molecule has 0 bridgehead atoms. The highest BCUT2D eigenvalue weighted by atomic mass is 35.5. The molecule has 1 aromatic carbocycles. The summed E-state index contributed by atoms with van der Waals surface area (Å²) in [6.45, 7) is 1.35. The molecule has 0 amide bonds. The molecule has 0 fully saturated rings. The second-order valence-electron chi connectivity index (χ2n) is 3.95. The van der Waals surface area contributed by atoms with Gasteiger partial charge in [-0.25, -0.2) is 0 Å². The first-order valence-electron chi connectivity index (χ1n) is 5.63. The van der Waals surface area contributed by atoms with Gasteiger partial charge in [0.1, 0.15) is 0 Å². The summed E-state index contributed by atoms with van der Waals surface area (Å²) in [5.74, 6) is 0. The van der Waals surface area contributed by atoms with E-state index in [1.54, 1.807) is 12.1 Å². The fourth-order valence-electron chi connectivity index (χ4n) is 1.78. The van der Waals surface area contributed by atoms with Crippen LogP contribution in [-0.4, -0.2) is 29.9 Å². The monoisotopic (exact) mass is 265 g/mol. The topological polar surface area (TPSA) is 67.9 Å². The van der Waals surface area contributed by atoms with E-state index in [0.29, 0.717) is 17.1 Å². The Labute approximate surface area is 109 Å². The van der Waals surface area contributed by atoms with Crippen LogP contribution in [0.3, 0.4) is 0 Å². The van der Waals surface area contributed by atoms with Crippen molar-refractivity contribution in [3.63, 3.8) is 0 Å². The second-order valence-corrected chi connectivity index (χ2v) is 4.36. The Hall–Kier alpha value is -1.75. The van der Waals surface area contributed by atoms with Gasteiger partial charge in [0.15, 0.2) is 0 Å². The fraction of sp³-hybridized carbons (Fsp3) is 0.333. The zero-order valence-electron chi connectivity index (χ0n) is 9.67. The summed E-state index contributed by atoms with van der Waals surface area (Å²) >= 11 is 5.94. The van der Waals surface area contributed by atoms with Crippen LogP contribution in [0.4, 0.5) is 5.69 Å². The lowest BCUT2D eigenvalue weighted by molar-refractivity contribution is -0.385. The third-order valence-electron chi connectivity index (χ3n) is 2.68. The maximum Gasteiger partial charge on any atom is 0.279 e. The van der Waals surface area contributed by atoms with Crippen molar-refractivity contribution in [2.75, 3.05) is 13.1 Å². The third-order valence-corrected chi connectivity index (χ3v) is 3.01. The number of rotatable bonds is 4. The maximum atomic E-state index is 10.9. The maximum absolute atomic E-state index is 10.9. The molecule has 1 aliphatic heterocycles. The van der Waals surface area contributed by atoms with Crippen LogP contribution in [0.5, 0.6) is 0 Å². The summed E-state index contributed by atoms with van der Waals surface area (Å²) < 4.78 is 0. The SMILES string of the molecule is O=[N+]([O-])c1cccc(Cl)c1C=NCC1=NCCC1. The van der Waals surface area contributed by atoms with Gasteiger partial charge in [-0.05, 0) is 18.9 Å². The third kappa shape index (κ3) is 2.92. The minimum absolute atomic E-state index is 0.0281. The van der Waals surface area contributed by atoms with Crippen LogP contribution in [0, 0.1) is 10.1 Å². The van der Waals surface area contributed by atoms with E-state index >= 15 is 0 Å². The van der Waals surface area contributed by atoms with Crippen LogP contribution in [0.2, 0.25) is 5.02 Å². The van der Waals surface area contributed by atoms with Gasteiger partial charge in [0.25, 0.3) is 5.69 Å². The molecular weight excluding hydrogens is 254 g/mol. The molecule has 1 heterocycles. The molecule has 5 nitrogen and oxygen atoms in total. The quantitative estimate of drug-likeness (QED) is 0.477. The van der Waals surface area contributed by atoms with Crippen molar-refractivity contribution >= 4 is 29.2 Å². The number of benzene rings is 1. The van der Waals surface area contributed by atoms with Crippen molar-refractivity contribution in [1.29, 1.82) is 0 Å². The molecule has 0 unspecified atom stereocenters. The van der Waals surface area contributed by atoms with Crippen LogP contribution in [0.1, 0.15) is 18.4 Å². The molecule has 2 rings (SSSR count). The van der Waals surface area contributed by atoms with E-state index < -0.39 is 4.92 Å². The molecule has 94 valence electrons. The van der Waals surface area contributed by atoms with E-state index in [1.165, 1.54) is 12.3 Å². The molecule has 1 aliphatic rings. The second kappa shape index (κ2) is 5.73. The van der Waals surface area contributed by atoms with Crippen molar-refractivity contribution in [1.82, 2.24) is 0 Å². The Balaban J connectivity index is 2.17. The average molecular weight is 266 g/mol. The van der Waals surface area contributed by atoms with E-state index in [4.69, 9.17) is 11.6 Å². The molecule has 0 atom stereocenters. The lowest BCUT2D eigenvalue weighted by Gasteiger charge is -1.99. The molecule has 1 aromatic rings. The predicted octanol–water partition coefficient (Wildman–Crippen LogP) is 2.90. The Bertz CT molecular complexity index is 526. The molecule has 0 aromatic heterocycles. The number of halogens is 1. The number of hydrogen-bond donors (Lipinski definition) is 0. The van der Waals surface area contributed by atoms with Crippen LogP contribution >= 0.6 is 11.6 Å². The van der Waals surface area contributed by atoms with Gasteiger partial charge in [-0.1, -0.05) is 17.7 Å². The molecule has 0 saturated heterocycles. The van der Waals surface area contributed by atoms with Gasteiger partial charge >= 0.3 is 0 Å². The number of nitrogens with zero attached hydrogens (tertiary/aromatic N) is 3. The van der Waals surface area contributed by atoms with Gasteiger partial charge in [-0.2, -0.15) is 0 Å². The summed E-state index contributed by atoms with van der Waals surface area (Å²) in [5.41, 5.74) is 1.36. The van der Waals surface area contributed by atoms with Crippen LogP contribution in [0.15, 0.2) is 28.2 Å².